The number of nitrogens with zero attached hydrogens (tertiary/aromatic N) is 1. The topological polar surface area (TPSA) is 76.5 Å². The third kappa shape index (κ3) is 2.29. The van der Waals surface area contributed by atoms with Crippen molar-refractivity contribution in [1.82, 2.24) is 0 Å². The third-order valence-electron chi connectivity index (χ3n) is 8.01. The zero-order chi connectivity index (χ0) is 19.6. The van der Waals surface area contributed by atoms with E-state index in [2.05, 4.69) is 13.1 Å². The van der Waals surface area contributed by atoms with E-state index in [1.54, 1.807) is 6.26 Å². The summed E-state index contributed by atoms with van der Waals surface area (Å²) in [4.78, 5) is 11.8. The lowest BCUT2D eigenvalue weighted by Gasteiger charge is -2.65. The maximum atomic E-state index is 12.2. The first kappa shape index (κ1) is 18.0. The van der Waals surface area contributed by atoms with Gasteiger partial charge in [0.15, 0.2) is 5.76 Å². The van der Waals surface area contributed by atoms with Crippen molar-refractivity contribution in [2.24, 2.45) is 5.73 Å². The molecule has 1 unspecified atom stereocenters. The maximum Gasteiger partial charge on any atom is 0.248 e. The quantitative estimate of drug-likeness (QED) is 0.803. The van der Waals surface area contributed by atoms with E-state index >= 15 is 0 Å². The summed E-state index contributed by atoms with van der Waals surface area (Å²) < 4.78 is 6.46. The highest BCUT2D eigenvalue weighted by Crippen LogP contribution is 2.59. The third-order valence-corrected chi connectivity index (χ3v) is 8.01. The monoisotopic (exact) mass is 381 g/mol. The van der Waals surface area contributed by atoms with Crippen LogP contribution in [0.15, 0.2) is 41.0 Å². The Hall–Kier alpha value is -2.11. The number of likely N-dealkylation sites (tertiary alicyclic amines) is 1. The molecule has 5 rings (SSSR count). The molecule has 148 valence electrons. The molecule has 1 aliphatic heterocycles. The van der Waals surface area contributed by atoms with Crippen molar-refractivity contribution in [3.8, 4) is 0 Å². The molecule has 2 aromatic rings. The molecule has 1 saturated carbocycles. The van der Waals surface area contributed by atoms with E-state index in [4.69, 9.17) is 10.2 Å². The molecule has 2 heterocycles. The van der Waals surface area contributed by atoms with Crippen molar-refractivity contribution in [2.45, 2.75) is 62.1 Å². The van der Waals surface area contributed by atoms with Crippen LogP contribution in [0.2, 0.25) is 0 Å². The summed E-state index contributed by atoms with van der Waals surface area (Å²) in [6.07, 6.45) is 7.46. The summed E-state index contributed by atoms with van der Waals surface area (Å²) in [5.74, 6) is 0.583. The largest absolute Gasteiger partial charge is 0.463 e. The molecule has 0 radical (unpaired) electrons. The van der Waals surface area contributed by atoms with Crippen molar-refractivity contribution < 1.29 is 18.8 Å². The van der Waals surface area contributed by atoms with Crippen molar-refractivity contribution in [2.75, 3.05) is 13.6 Å². The van der Waals surface area contributed by atoms with E-state index in [0.717, 1.165) is 61.9 Å². The van der Waals surface area contributed by atoms with Crippen LogP contribution in [-0.2, 0) is 18.4 Å². The van der Waals surface area contributed by atoms with Gasteiger partial charge in [0.1, 0.15) is 18.2 Å². The number of aliphatic hydroxyl groups is 1. The Morgan fingerprint density at radius 2 is 2.11 bits per heavy atom. The van der Waals surface area contributed by atoms with Gasteiger partial charge in [0.25, 0.3) is 0 Å². The Balaban J connectivity index is 1.65. The van der Waals surface area contributed by atoms with Gasteiger partial charge >= 0.3 is 0 Å². The molecule has 0 spiro atoms. The van der Waals surface area contributed by atoms with Gasteiger partial charge in [-0.05, 0) is 48.2 Å². The predicted octanol–water partition coefficient (Wildman–Crippen LogP) is 2.90. The molecule has 1 aromatic carbocycles. The lowest BCUT2D eigenvalue weighted by molar-refractivity contribution is -0.962. The molecule has 28 heavy (non-hydrogen) atoms. The summed E-state index contributed by atoms with van der Waals surface area (Å²) in [5, 5.41) is 12.2. The van der Waals surface area contributed by atoms with Gasteiger partial charge in [0.05, 0.1) is 19.9 Å². The Labute approximate surface area is 165 Å². The minimum atomic E-state index is -0.756. The average Bonchev–Trinajstić information content (AvgIpc) is 3.17. The van der Waals surface area contributed by atoms with Gasteiger partial charge in [0, 0.05) is 23.8 Å². The van der Waals surface area contributed by atoms with E-state index in [1.165, 1.54) is 11.1 Å². The number of quaternary nitrogens is 1. The SMILES string of the molecule is C[N+]1(Cc2ccco2)CC[C@]23CCCC[C@@]2(O)[C@H]1Cc1ccc(C(N)=O)cc13. The van der Waals surface area contributed by atoms with Crippen LogP contribution in [0, 0.1) is 0 Å². The molecule has 5 heteroatoms. The number of piperidine rings is 1. The van der Waals surface area contributed by atoms with Crippen LogP contribution >= 0.6 is 0 Å². The summed E-state index contributed by atoms with van der Waals surface area (Å²) in [5.41, 5.74) is 7.55. The van der Waals surface area contributed by atoms with Crippen LogP contribution in [0.25, 0.3) is 0 Å². The fourth-order valence-corrected chi connectivity index (χ4v) is 6.62. The molecule has 2 bridgehead atoms. The van der Waals surface area contributed by atoms with Gasteiger partial charge in [-0.2, -0.15) is 0 Å². The lowest BCUT2D eigenvalue weighted by atomic mass is 9.49. The molecule has 5 nitrogen and oxygen atoms in total. The molecule has 3 N–H and O–H groups in total. The molecule has 3 aliphatic rings. The fourth-order valence-electron chi connectivity index (χ4n) is 6.62. The fraction of sp³-hybridized carbons (Fsp3) is 0.522. The Morgan fingerprint density at radius 3 is 2.86 bits per heavy atom. The number of rotatable bonds is 3. The van der Waals surface area contributed by atoms with Gasteiger partial charge < -0.3 is 19.7 Å². The van der Waals surface area contributed by atoms with Crippen LogP contribution in [0.5, 0.6) is 0 Å². The minimum Gasteiger partial charge on any atom is -0.463 e. The molecule has 2 aliphatic carbocycles. The normalized spacial score (nSPS) is 36.4. The second-order valence-corrected chi connectivity index (χ2v) is 9.36. The number of nitrogens with two attached hydrogens (primary N) is 1. The van der Waals surface area contributed by atoms with E-state index in [1.807, 2.05) is 24.3 Å². The van der Waals surface area contributed by atoms with E-state index in [9.17, 15) is 9.90 Å². The number of carbonyl (C=O) groups is 1. The van der Waals surface area contributed by atoms with Crippen molar-refractivity contribution >= 4 is 5.91 Å². The minimum absolute atomic E-state index is 0.124. The number of hydrogen-bond acceptors (Lipinski definition) is 3. The van der Waals surface area contributed by atoms with Crippen LogP contribution in [-0.4, -0.2) is 40.7 Å². The number of benzene rings is 1. The number of primary amides is 1. The van der Waals surface area contributed by atoms with Crippen LogP contribution in [0.4, 0.5) is 0 Å². The standard InChI is InChI=1S/C23H28N2O3/c1-25(15-18-5-4-12-28-18)11-10-22-8-2-3-9-23(22,27)20(25)14-16-6-7-17(21(24)26)13-19(16)22/h4-7,12-13,20,27H,2-3,8-11,14-15H2,1H3,(H-,24,26)/p+1/t20-,22+,23-,25?/m1/s1. The van der Waals surface area contributed by atoms with E-state index in [-0.39, 0.29) is 11.5 Å². The zero-order valence-electron chi connectivity index (χ0n) is 16.5. The summed E-state index contributed by atoms with van der Waals surface area (Å²) in [6, 6.07) is 9.99. The first-order valence-corrected chi connectivity index (χ1v) is 10.4. The van der Waals surface area contributed by atoms with Gasteiger partial charge in [-0.1, -0.05) is 18.9 Å². The molecular weight excluding hydrogens is 352 g/mol. The van der Waals surface area contributed by atoms with Gasteiger partial charge in [-0.25, -0.2) is 0 Å². The first-order valence-electron chi connectivity index (χ1n) is 10.4. The smallest absolute Gasteiger partial charge is 0.248 e. The van der Waals surface area contributed by atoms with Crippen LogP contribution in [0.3, 0.4) is 0 Å². The average molecular weight is 381 g/mol. The van der Waals surface area contributed by atoms with Gasteiger partial charge in [-0.15, -0.1) is 0 Å². The molecular formula is C23H29N2O3+. The Morgan fingerprint density at radius 1 is 1.29 bits per heavy atom. The summed E-state index contributed by atoms with van der Waals surface area (Å²) in [6.45, 7) is 1.79. The highest BCUT2D eigenvalue weighted by Gasteiger charge is 2.68. The second-order valence-electron chi connectivity index (χ2n) is 9.36. The maximum absolute atomic E-state index is 12.2. The zero-order valence-corrected chi connectivity index (χ0v) is 16.5. The number of fused-ring (bicyclic) bond motifs is 1. The van der Waals surface area contributed by atoms with Crippen molar-refractivity contribution in [3.63, 3.8) is 0 Å². The number of amides is 1. The number of carbonyl (C=O) groups excluding carboxylic acids is 1. The highest BCUT2D eigenvalue weighted by molar-refractivity contribution is 5.93. The second kappa shape index (κ2) is 5.94. The summed E-state index contributed by atoms with van der Waals surface area (Å²) >= 11 is 0. The summed E-state index contributed by atoms with van der Waals surface area (Å²) in [7, 11) is 2.27. The first-order chi connectivity index (χ1) is 13.4. The lowest BCUT2D eigenvalue weighted by Crippen LogP contribution is -2.77. The molecule has 2 fully saturated rings. The predicted molar refractivity (Wildman–Crippen MR) is 106 cm³/mol. The van der Waals surface area contributed by atoms with E-state index < -0.39 is 11.5 Å². The van der Waals surface area contributed by atoms with Crippen molar-refractivity contribution in [1.29, 1.82) is 0 Å². The number of furan rings is 1. The molecule has 4 atom stereocenters. The number of likely N-dealkylation sites (N-methyl/N-ethyl adjacent to an activating group) is 1. The van der Waals surface area contributed by atoms with E-state index in [0.29, 0.717) is 5.56 Å². The molecule has 1 amide bonds. The van der Waals surface area contributed by atoms with Crippen molar-refractivity contribution in [3.05, 3.63) is 59.0 Å². The van der Waals surface area contributed by atoms with Crippen LogP contribution in [0.1, 0.15) is 59.3 Å². The van der Waals surface area contributed by atoms with Gasteiger partial charge in [0.2, 0.25) is 5.91 Å². The Kier molecular flexibility index (Phi) is 3.81. The van der Waals surface area contributed by atoms with Crippen LogP contribution < -0.4 is 5.73 Å². The molecule has 1 saturated heterocycles. The number of hydrogen-bond donors (Lipinski definition) is 2. The van der Waals surface area contributed by atoms with Gasteiger partial charge in [-0.3, -0.25) is 4.79 Å². The Bertz CT molecular complexity index is 924. The highest BCUT2D eigenvalue weighted by atomic mass is 16.3. The molecule has 1 aromatic heterocycles.